The Kier molecular flexibility index (Phi) is 4.50. The first kappa shape index (κ1) is 17.1. The Bertz CT molecular complexity index is 1050. The average Bonchev–Trinajstić information content (AvgIpc) is 3.31. The molecule has 0 aliphatic rings. The maximum absolute atomic E-state index is 10.0. The second-order valence-corrected chi connectivity index (χ2v) is 6.57. The Labute approximate surface area is 158 Å². The van der Waals surface area contributed by atoms with Gasteiger partial charge in [-0.25, -0.2) is 4.98 Å². The predicted molar refractivity (Wildman–Crippen MR) is 106 cm³/mol. The largest absolute Gasteiger partial charge is 0.508 e. The SMILES string of the molecule is CC[C@H](c1ccnn1C)n1cnc(-c2ccccc2)c1-c1cccc(O)c1. The molecule has 0 saturated heterocycles. The number of phenolic OH excluding ortho intramolecular Hbond substituents is 1. The zero-order chi connectivity index (χ0) is 18.8. The van der Waals surface area contributed by atoms with Crippen LogP contribution in [-0.2, 0) is 7.05 Å². The molecule has 5 heteroatoms. The summed E-state index contributed by atoms with van der Waals surface area (Å²) in [6.07, 6.45) is 4.61. The van der Waals surface area contributed by atoms with Crippen molar-refractivity contribution in [3.63, 3.8) is 0 Å². The first-order chi connectivity index (χ1) is 13.2. The zero-order valence-corrected chi connectivity index (χ0v) is 15.4. The van der Waals surface area contributed by atoms with Gasteiger partial charge in [0, 0.05) is 24.4 Å². The molecule has 2 aromatic carbocycles. The smallest absolute Gasteiger partial charge is 0.116 e. The summed E-state index contributed by atoms with van der Waals surface area (Å²) in [4.78, 5) is 4.75. The van der Waals surface area contributed by atoms with Gasteiger partial charge in [-0.05, 0) is 24.6 Å². The fourth-order valence-corrected chi connectivity index (χ4v) is 3.60. The highest BCUT2D eigenvalue weighted by molar-refractivity contribution is 5.79. The van der Waals surface area contributed by atoms with E-state index in [1.807, 2.05) is 60.7 Å². The lowest BCUT2D eigenvalue weighted by atomic mass is 10.0. The first-order valence-corrected chi connectivity index (χ1v) is 9.08. The maximum atomic E-state index is 10.0. The van der Waals surface area contributed by atoms with Crippen molar-refractivity contribution < 1.29 is 5.11 Å². The van der Waals surface area contributed by atoms with Crippen molar-refractivity contribution in [2.24, 2.45) is 7.05 Å². The summed E-state index contributed by atoms with van der Waals surface area (Å²) < 4.78 is 4.09. The minimum absolute atomic E-state index is 0.0970. The Morgan fingerprint density at radius 2 is 1.78 bits per heavy atom. The van der Waals surface area contributed by atoms with Crippen molar-refractivity contribution in [1.82, 2.24) is 19.3 Å². The normalized spacial score (nSPS) is 12.2. The molecule has 0 unspecified atom stereocenters. The lowest BCUT2D eigenvalue weighted by Gasteiger charge is -2.21. The number of hydrogen-bond donors (Lipinski definition) is 1. The fraction of sp³-hybridized carbons (Fsp3) is 0.182. The summed E-state index contributed by atoms with van der Waals surface area (Å²) >= 11 is 0. The fourth-order valence-electron chi connectivity index (χ4n) is 3.60. The lowest BCUT2D eigenvalue weighted by Crippen LogP contribution is -2.14. The minimum atomic E-state index is 0.0970. The molecule has 136 valence electrons. The van der Waals surface area contributed by atoms with Gasteiger partial charge in [-0.2, -0.15) is 5.10 Å². The minimum Gasteiger partial charge on any atom is -0.508 e. The number of imidazole rings is 1. The van der Waals surface area contributed by atoms with Crippen LogP contribution in [0.3, 0.4) is 0 Å². The van der Waals surface area contributed by atoms with E-state index >= 15 is 0 Å². The molecule has 1 N–H and O–H groups in total. The average molecular weight is 358 g/mol. The van der Waals surface area contributed by atoms with Crippen LogP contribution >= 0.6 is 0 Å². The molecule has 0 radical (unpaired) electrons. The van der Waals surface area contributed by atoms with Crippen LogP contribution in [0.15, 0.2) is 73.2 Å². The van der Waals surface area contributed by atoms with Crippen LogP contribution in [0.4, 0.5) is 0 Å². The highest BCUT2D eigenvalue weighted by Gasteiger charge is 2.22. The highest BCUT2D eigenvalue weighted by Crippen LogP contribution is 2.36. The summed E-state index contributed by atoms with van der Waals surface area (Å²) in [7, 11) is 1.96. The van der Waals surface area contributed by atoms with E-state index in [0.29, 0.717) is 0 Å². The van der Waals surface area contributed by atoms with Gasteiger partial charge in [0.2, 0.25) is 0 Å². The second kappa shape index (κ2) is 7.11. The van der Waals surface area contributed by atoms with Crippen molar-refractivity contribution in [2.75, 3.05) is 0 Å². The van der Waals surface area contributed by atoms with Crippen LogP contribution in [0.2, 0.25) is 0 Å². The molecule has 0 aliphatic heterocycles. The van der Waals surface area contributed by atoms with Crippen LogP contribution in [0.1, 0.15) is 25.1 Å². The Balaban J connectivity index is 1.95. The molecule has 5 nitrogen and oxygen atoms in total. The standard InChI is InChI=1S/C22H22N4O/c1-3-19(20-12-13-24-25(20)2)26-15-23-21(16-8-5-4-6-9-16)22(26)17-10-7-11-18(27)14-17/h4-15,19,27H,3H2,1-2H3/t19-/m1/s1. The van der Waals surface area contributed by atoms with Gasteiger partial charge >= 0.3 is 0 Å². The highest BCUT2D eigenvalue weighted by atomic mass is 16.3. The van der Waals surface area contributed by atoms with E-state index in [4.69, 9.17) is 4.98 Å². The Morgan fingerprint density at radius 3 is 2.44 bits per heavy atom. The van der Waals surface area contributed by atoms with Crippen molar-refractivity contribution in [3.8, 4) is 28.3 Å². The van der Waals surface area contributed by atoms with Crippen LogP contribution in [0.25, 0.3) is 22.5 Å². The van der Waals surface area contributed by atoms with Gasteiger partial charge < -0.3 is 9.67 Å². The molecule has 0 amide bonds. The molecule has 1 atom stereocenters. The molecule has 27 heavy (non-hydrogen) atoms. The van der Waals surface area contributed by atoms with Crippen molar-refractivity contribution in [2.45, 2.75) is 19.4 Å². The summed E-state index contributed by atoms with van der Waals surface area (Å²) in [5, 5.41) is 14.4. The van der Waals surface area contributed by atoms with Gasteiger partial charge in [0.1, 0.15) is 5.75 Å². The van der Waals surface area contributed by atoms with E-state index in [2.05, 4.69) is 28.7 Å². The lowest BCUT2D eigenvalue weighted by molar-refractivity contribution is 0.475. The quantitative estimate of drug-likeness (QED) is 0.565. The topological polar surface area (TPSA) is 55.9 Å². The summed E-state index contributed by atoms with van der Waals surface area (Å²) in [5.41, 5.74) is 5.00. The summed E-state index contributed by atoms with van der Waals surface area (Å²) in [6, 6.07) is 19.6. The number of phenols is 1. The van der Waals surface area contributed by atoms with Gasteiger partial charge in [-0.3, -0.25) is 4.68 Å². The van der Waals surface area contributed by atoms with Gasteiger partial charge in [0.25, 0.3) is 0 Å². The predicted octanol–water partition coefficient (Wildman–Crippen LogP) is 4.66. The van der Waals surface area contributed by atoms with E-state index in [1.54, 1.807) is 12.1 Å². The number of rotatable bonds is 5. The van der Waals surface area contributed by atoms with E-state index < -0.39 is 0 Å². The molecular weight excluding hydrogens is 336 g/mol. The molecule has 0 spiro atoms. The Morgan fingerprint density at radius 1 is 1.00 bits per heavy atom. The molecule has 0 bridgehead atoms. The zero-order valence-electron chi connectivity index (χ0n) is 15.4. The van der Waals surface area contributed by atoms with Gasteiger partial charge in [-0.1, -0.05) is 49.4 Å². The van der Waals surface area contributed by atoms with Gasteiger partial charge in [0.15, 0.2) is 0 Å². The van der Waals surface area contributed by atoms with E-state index in [1.165, 1.54) is 0 Å². The van der Waals surface area contributed by atoms with Gasteiger partial charge in [-0.15, -0.1) is 0 Å². The monoisotopic (exact) mass is 358 g/mol. The van der Waals surface area contributed by atoms with Crippen molar-refractivity contribution >= 4 is 0 Å². The number of nitrogens with zero attached hydrogens (tertiary/aromatic N) is 4. The van der Waals surface area contributed by atoms with Crippen LogP contribution in [0.5, 0.6) is 5.75 Å². The second-order valence-electron chi connectivity index (χ2n) is 6.57. The molecule has 2 aromatic heterocycles. The maximum Gasteiger partial charge on any atom is 0.116 e. The van der Waals surface area contributed by atoms with Crippen molar-refractivity contribution in [1.29, 1.82) is 0 Å². The van der Waals surface area contributed by atoms with Crippen molar-refractivity contribution in [3.05, 3.63) is 78.9 Å². The number of hydrogen-bond acceptors (Lipinski definition) is 3. The van der Waals surface area contributed by atoms with Crippen LogP contribution in [0, 0.1) is 0 Å². The van der Waals surface area contributed by atoms with E-state index in [9.17, 15) is 5.11 Å². The molecule has 0 fully saturated rings. The van der Waals surface area contributed by atoms with Crippen LogP contribution in [-0.4, -0.2) is 24.4 Å². The number of aromatic hydroxyl groups is 1. The number of aryl methyl sites for hydroxylation is 1. The van der Waals surface area contributed by atoms with Crippen LogP contribution < -0.4 is 0 Å². The Hall–Kier alpha value is -3.34. The number of benzene rings is 2. The van der Waals surface area contributed by atoms with Gasteiger partial charge in [0.05, 0.1) is 29.5 Å². The molecule has 0 saturated carbocycles. The third kappa shape index (κ3) is 3.12. The molecular formula is C22H22N4O. The molecule has 0 aliphatic carbocycles. The summed E-state index contributed by atoms with van der Waals surface area (Å²) in [6.45, 7) is 2.16. The summed E-state index contributed by atoms with van der Waals surface area (Å²) in [5.74, 6) is 0.243. The number of aromatic nitrogens is 4. The molecule has 4 rings (SSSR count). The van der Waals surface area contributed by atoms with E-state index in [-0.39, 0.29) is 11.8 Å². The third-order valence-corrected chi connectivity index (χ3v) is 4.88. The van der Waals surface area contributed by atoms with E-state index in [0.717, 1.165) is 34.6 Å². The molecule has 4 aromatic rings. The third-order valence-electron chi connectivity index (χ3n) is 4.88. The first-order valence-electron chi connectivity index (χ1n) is 9.08. The molecule has 2 heterocycles.